The minimum absolute atomic E-state index is 0.0608. The molecule has 0 aromatic carbocycles. The lowest BCUT2D eigenvalue weighted by Gasteiger charge is -2.29. The normalized spacial score (nSPS) is 15.1. The number of hydrogen-bond donors (Lipinski definition) is 2. The van der Waals surface area contributed by atoms with Gasteiger partial charge in [0.25, 0.3) is 0 Å². The topological polar surface area (TPSA) is 117 Å². The summed E-state index contributed by atoms with van der Waals surface area (Å²) in [6.07, 6.45) is 44.2. The van der Waals surface area contributed by atoms with Crippen LogP contribution in [-0.4, -0.2) is 98.1 Å². The molecule has 1 heterocycles. The van der Waals surface area contributed by atoms with Crippen molar-refractivity contribution in [3.05, 3.63) is 0 Å². The molecule has 2 amide bonds. The van der Waals surface area contributed by atoms with Gasteiger partial charge in [-0.2, -0.15) is 0 Å². The van der Waals surface area contributed by atoms with Crippen LogP contribution in [0.4, 0.5) is 0 Å². The maximum Gasteiger partial charge on any atom is 0.305 e. The summed E-state index contributed by atoms with van der Waals surface area (Å²) in [5.41, 5.74) is 0. The first-order valence-electron chi connectivity index (χ1n) is 28.7. The molecule has 2 N–H and O–H groups in total. The summed E-state index contributed by atoms with van der Waals surface area (Å²) in [5, 5.41) is 5.55. The Kier molecular flexibility index (Phi) is 43.6. The van der Waals surface area contributed by atoms with Crippen molar-refractivity contribution in [3.8, 4) is 0 Å². The molecule has 10 heteroatoms. The molecule has 0 aromatic rings. The number of ether oxygens (including phenoxy) is 2. The first kappa shape index (κ1) is 61.8. The van der Waals surface area contributed by atoms with Crippen LogP contribution >= 0.6 is 0 Å². The number of nitrogens with one attached hydrogen (secondary N) is 2. The van der Waals surface area contributed by atoms with Crippen molar-refractivity contribution < 1.29 is 28.7 Å². The SMILES string of the molecule is CCCCCCCCCCN(CCCCCCCCCC)CCCOC(=O)CC[C@@H]1NC(=O)[C@H](CCC(=O)OCCCN(CCCCCCCCCC)CCCCCCCCCC)NC1=O. The number of rotatable bonds is 50. The van der Waals surface area contributed by atoms with Crippen LogP contribution < -0.4 is 10.6 Å². The molecular formula is C56H108N4O6. The fraction of sp³-hybridized carbons (Fsp3) is 0.929. The van der Waals surface area contributed by atoms with Gasteiger partial charge < -0.3 is 29.9 Å². The number of piperazine rings is 1. The summed E-state index contributed by atoms with van der Waals surface area (Å²) in [6, 6.07) is -1.58. The number of esters is 2. The van der Waals surface area contributed by atoms with Crippen molar-refractivity contribution in [2.75, 3.05) is 52.5 Å². The fourth-order valence-electron chi connectivity index (χ4n) is 9.25. The van der Waals surface area contributed by atoms with E-state index < -0.39 is 12.1 Å². The molecule has 0 saturated carbocycles. The van der Waals surface area contributed by atoms with Crippen LogP contribution in [0.25, 0.3) is 0 Å². The molecule has 1 rings (SSSR count). The van der Waals surface area contributed by atoms with Gasteiger partial charge in [0, 0.05) is 25.9 Å². The highest BCUT2D eigenvalue weighted by Crippen LogP contribution is 2.15. The predicted molar refractivity (Wildman–Crippen MR) is 277 cm³/mol. The van der Waals surface area contributed by atoms with Gasteiger partial charge in [0.2, 0.25) is 11.8 Å². The second-order valence-corrected chi connectivity index (χ2v) is 19.9. The van der Waals surface area contributed by atoms with Gasteiger partial charge in [-0.3, -0.25) is 19.2 Å². The summed E-state index contributed by atoms with van der Waals surface area (Å²) >= 11 is 0. The van der Waals surface area contributed by atoms with E-state index in [0.29, 0.717) is 13.2 Å². The Labute approximate surface area is 407 Å². The molecule has 0 unspecified atom stereocenters. The van der Waals surface area contributed by atoms with Crippen molar-refractivity contribution >= 4 is 23.8 Å². The molecule has 1 aliphatic heterocycles. The van der Waals surface area contributed by atoms with Crippen LogP contribution in [0.15, 0.2) is 0 Å². The molecule has 388 valence electrons. The van der Waals surface area contributed by atoms with Crippen LogP contribution in [0.3, 0.4) is 0 Å². The Bertz CT molecular complexity index is 1010. The molecule has 2 atom stereocenters. The van der Waals surface area contributed by atoms with E-state index in [0.717, 1.165) is 52.1 Å². The lowest BCUT2D eigenvalue weighted by atomic mass is 10.0. The van der Waals surface area contributed by atoms with Crippen molar-refractivity contribution in [1.82, 2.24) is 20.4 Å². The zero-order chi connectivity index (χ0) is 48.0. The fourth-order valence-corrected chi connectivity index (χ4v) is 9.25. The van der Waals surface area contributed by atoms with Crippen LogP contribution in [0.2, 0.25) is 0 Å². The maximum atomic E-state index is 12.9. The van der Waals surface area contributed by atoms with Crippen LogP contribution in [0, 0.1) is 0 Å². The molecule has 1 saturated heterocycles. The lowest BCUT2D eigenvalue weighted by molar-refractivity contribution is -0.146. The summed E-state index contributed by atoms with van der Waals surface area (Å²) in [7, 11) is 0. The molecule has 0 bridgehead atoms. The third-order valence-electron chi connectivity index (χ3n) is 13.6. The minimum atomic E-state index is -0.790. The van der Waals surface area contributed by atoms with E-state index >= 15 is 0 Å². The smallest absolute Gasteiger partial charge is 0.305 e. The van der Waals surface area contributed by atoms with Crippen molar-refractivity contribution in [1.29, 1.82) is 0 Å². The molecule has 0 aromatic heterocycles. The average Bonchev–Trinajstić information content (AvgIpc) is 3.31. The molecule has 1 aliphatic rings. The number of carbonyl (C=O) groups is 4. The first-order chi connectivity index (χ1) is 32.3. The van der Waals surface area contributed by atoms with Gasteiger partial charge in [0.1, 0.15) is 12.1 Å². The Morgan fingerprint density at radius 3 is 0.848 bits per heavy atom. The van der Waals surface area contributed by atoms with Gasteiger partial charge >= 0.3 is 11.9 Å². The largest absolute Gasteiger partial charge is 0.466 e. The zero-order valence-corrected chi connectivity index (χ0v) is 44.0. The highest BCUT2D eigenvalue weighted by molar-refractivity contribution is 5.97. The van der Waals surface area contributed by atoms with Gasteiger partial charge in [-0.05, 0) is 77.5 Å². The first-order valence-corrected chi connectivity index (χ1v) is 28.7. The summed E-state index contributed by atoms with van der Waals surface area (Å²) in [6.45, 7) is 16.1. The molecule has 0 radical (unpaired) electrons. The van der Waals surface area contributed by atoms with E-state index in [1.807, 2.05) is 0 Å². The third-order valence-corrected chi connectivity index (χ3v) is 13.6. The molecular weight excluding hydrogens is 825 g/mol. The summed E-state index contributed by atoms with van der Waals surface area (Å²) in [4.78, 5) is 56.3. The molecule has 0 aliphatic carbocycles. The van der Waals surface area contributed by atoms with Gasteiger partial charge in [-0.15, -0.1) is 0 Å². The highest BCUT2D eigenvalue weighted by Gasteiger charge is 2.34. The van der Waals surface area contributed by atoms with Crippen LogP contribution in [0.5, 0.6) is 0 Å². The molecule has 66 heavy (non-hydrogen) atoms. The Hall–Kier alpha value is -2.20. The van der Waals surface area contributed by atoms with E-state index in [1.165, 1.54) is 205 Å². The number of hydrogen-bond acceptors (Lipinski definition) is 8. The van der Waals surface area contributed by atoms with E-state index in [9.17, 15) is 19.2 Å². The van der Waals surface area contributed by atoms with Crippen LogP contribution in [-0.2, 0) is 28.7 Å². The summed E-state index contributed by atoms with van der Waals surface area (Å²) < 4.78 is 11.2. The Morgan fingerprint density at radius 2 is 0.591 bits per heavy atom. The molecule has 1 fully saturated rings. The Balaban J connectivity index is 2.35. The van der Waals surface area contributed by atoms with E-state index in [2.05, 4.69) is 48.1 Å². The predicted octanol–water partition coefficient (Wildman–Crippen LogP) is 13.6. The zero-order valence-electron chi connectivity index (χ0n) is 44.0. The highest BCUT2D eigenvalue weighted by atomic mass is 16.5. The Morgan fingerprint density at radius 1 is 0.364 bits per heavy atom. The lowest BCUT2D eigenvalue weighted by Crippen LogP contribution is -2.61. The standard InChI is InChI=1S/C56H108N4O6/c1-5-9-13-17-21-25-29-33-43-59(44-34-30-26-22-18-14-10-6-2)47-37-49-65-53(61)41-39-51-55(63)58-52(56(64)57-51)40-42-54(62)66-50-38-48-60(45-35-31-27-23-19-15-11-7-3)46-36-32-28-24-20-16-12-8-4/h51-52H,5-50H2,1-4H3,(H,57,64)(H,58,63)/t51-,52-/m0/s1. The van der Waals surface area contributed by atoms with Crippen molar-refractivity contribution in [2.24, 2.45) is 0 Å². The van der Waals surface area contributed by atoms with E-state index in [4.69, 9.17) is 9.47 Å². The quantitative estimate of drug-likeness (QED) is 0.0458. The monoisotopic (exact) mass is 933 g/mol. The number of amides is 2. The minimum Gasteiger partial charge on any atom is -0.466 e. The third kappa shape index (κ3) is 37.7. The van der Waals surface area contributed by atoms with Crippen molar-refractivity contribution in [3.63, 3.8) is 0 Å². The van der Waals surface area contributed by atoms with Gasteiger partial charge in [-0.1, -0.05) is 207 Å². The van der Waals surface area contributed by atoms with E-state index in [1.54, 1.807) is 0 Å². The van der Waals surface area contributed by atoms with Crippen molar-refractivity contribution in [2.45, 2.75) is 284 Å². The number of nitrogens with zero attached hydrogens (tertiary/aromatic N) is 2. The number of unbranched alkanes of at least 4 members (excludes halogenated alkanes) is 28. The molecule has 10 nitrogen and oxygen atoms in total. The molecule has 0 spiro atoms. The van der Waals surface area contributed by atoms with Gasteiger partial charge in [-0.25, -0.2) is 0 Å². The number of carbonyl (C=O) groups excluding carboxylic acids is 4. The second-order valence-electron chi connectivity index (χ2n) is 19.9. The second kappa shape index (κ2) is 46.5. The summed E-state index contributed by atoms with van der Waals surface area (Å²) in [5.74, 6) is -1.34. The van der Waals surface area contributed by atoms with E-state index in [-0.39, 0.29) is 49.4 Å². The maximum absolute atomic E-state index is 12.9. The van der Waals surface area contributed by atoms with Gasteiger partial charge in [0.15, 0.2) is 0 Å². The van der Waals surface area contributed by atoms with Gasteiger partial charge in [0.05, 0.1) is 13.2 Å². The van der Waals surface area contributed by atoms with Crippen LogP contribution in [0.1, 0.15) is 272 Å². The average molecular weight is 934 g/mol.